The van der Waals surface area contributed by atoms with Gasteiger partial charge in [-0.15, -0.1) is 0 Å². The quantitative estimate of drug-likeness (QED) is 0.633. The lowest BCUT2D eigenvalue weighted by Crippen LogP contribution is -2.48. The van der Waals surface area contributed by atoms with E-state index in [0.717, 1.165) is 5.56 Å². The summed E-state index contributed by atoms with van der Waals surface area (Å²) in [5, 5.41) is 2.70. The average Bonchev–Trinajstić information content (AvgIpc) is 2.67. The fourth-order valence-corrected chi connectivity index (χ4v) is 2.44. The van der Waals surface area contributed by atoms with Crippen molar-refractivity contribution in [3.63, 3.8) is 0 Å². The fourth-order valence-electron chi connectivity index (χ4n) is 2.44. The normalized spacial score (nSPS) is 12.4. The molecule has 0 fully saturated rings. The molecule has 0 saturated heterocycles. The van der Waals surface area contributed by atoms with Crippen molar-refractivity contribution in [1.29, 1.82) is 0 Å². The average molecular weight is 387 g/mol. The summed E-state index contributed by atoms with van der Waals surface area (Å²) < 4.78 is 18.8. The number of amides is 3. The van der Waals surface area contributed by atoms with Gasteiger partial charge in [0.1, 0.15) is 0 Å². The first kappa shape index (κ1) is 20.9. The van der Waals surface area contributed by atoms with E-state index in [0.29, 0.717) is 0 Å². The number of ether oxygens (including phenoxy) is 1. The largest absolute Gasteiger partial charge is 0.478 e. The van der Waals surface area contributed by atoms with Crippen molar-refractivity contribution in [2.75, 3.05) is 0 Å². The van der Waals surface area contributed by atoms with E-state index in [4.69, 9.17) is 4.74 Å². The van der Waals surface area contributed by atoms with Crippen LogP contribution in [0.15, 0.2) is 54.6 Å². The van der Waals surface area contributed by atoms with E-state index in [1.807, 2.05) is 6.07 Å². The van der Waals surface area contributed by atoms with Crippen LogP contribution in [0.5, 0.6) is 5.75 Å². The molecule has 0 aliphatic heterocycles. The van der Waals surface area contributed by atoms with Crippen LogP contribution in [-0.2, 0) is 14.4 Å². The molecule has 0 aromatic heterocycles. The zero-order valence-corrected chi connectivity index (χ0v) is 15.6. The molecule has 28 heavy (non-hydrogen) atoms. The number of halogens is 1. The van der Waals surface area contributed by atoms with Gasteiger partial charge in [-0.2, -0.15) is 0 Å². The summed E-state index contributed by atoms with van der Waals surface area (Å²) in [6.07, 6.45) is -1.11. The van der Waals surface area contributed by atoms with Gasteiger partial charge in [-0.1, -0.05) is 42.5 Å². The lowest BCUT2D eigenvalue weighted by Gasteiger charge is -2.19. The summed E-state index contributed by atoms with van der Waals surface area (Å²) in [7, 11) is 0. The second kappa shape index (κ2) is 10.1. The molecule has 0 unspecified atom stereocenters. The number of hydrazine groups is 1. The maximum atomic E-state index is 13.6. The Morgan fingerprint density at radius 2 is 1.64 bits per heavy atom. The van der Waals surface area contributed by atoms with Crippen molar-refractivity contribution < 1.29 is 23.5 Å². The van der Waals surface area contributed by atoms with Crippen LogP contribution in [0.1, 0.15) is 31.9 Å². The number of carbonyl (C=O) groups is 3. The van der Waals surface area contributed by atoms with Gasteiger partial charge in [-0.05, 0) is 24.6 Å². The molecule has 0 bridgehead atoms. The van der Waals surface area contributed by atoms with Gasteiger partial charge in [0.25, 0.3) is 5.91 Å². The number of nitrogens with one attached hydrogen (secondary N) is 3. The van der Waals surface area contributed by atoms with Gasteiger partial charge in [0.2, 0.25) is 11.8 Å². The number of hydrogen-bond donors (Lipinski definition) is 3. The molecule has 2 atom stereocenters. The first-order valence-electron chi connectivity index (χ1n) is 8.68. The lowest BCUT2D eigenvalue weighted by molar-refractivity contribution is -0.133. The van der Waals surface area contributed by atoms with Gasteiger partial charge in [0, 0.05) is 6.92 Å². The zero-order valence-electron chi connectivity index (χ0n) is 15.6. The molecule has 0 spiro atoms. The van der Waals surface area contributed by atoms with Crippen LogP contribution >= 0.6 is 0 Å². The second-order valence-electron chi connectivity index (χ2n) is 6.10. The first-order chi connectivity index (χ1) is 13.4. The van der Waals surface area contributed by atoms with Crippen molar-refractivity contribution in [2.24, 2.45) is 0 Å². The van der Waals surface area contributed by atoms with Gasteiger partial charge in [0.05, 0.1) is 12.5 Å². The van der Waals surface area contributed by atoms with Gasteiger partial charge >= 0.3 is 0 Å². The number of benzene rings is 2. The minimum Gasteiger partial charge on any atom is -0.478 e. The molecule has 0 radical (unpaired) electrons. The van der Waals surface area contributed by atoms with Gasteiger partial charge in [-0.3, -0.25) is 25.2 Å². The third kappa shape index (κ3) is 6.39. The van der Waals surface area contributed by atoms with Crippen LogP contribution in [-0.4, -0.2) is 23.8 Å². The van der Waals surface area contributed by atoms with E-state index in [1.165, 1.54) is 32.0 Å². The molecule has 0 aliphatic carbocycles. The summed E-state index contributed by atoms with van der Waals surface area (Å²) in [5.74, 6) is -2.09. The molecule has 3 amide bonds. The summed E-state index contributed by atoms with van der Waals surface area (Å²) >= 11 is 0. The molecule has 2 aromatic rings. The Bertz CT molecular complexity index is 829. The maximum Gasteiger partial charge on any atom is 0.279 e. The van der Waals surface area contributed by atoms with Gasteiger partial charge in [-0.25, -0.2) is 4.39 Å². The highest BCUT2D eigenvalue weighted by Gasteiger charge is 2.20. The van der Waals surface area contributed by atoms with Crippen molar-refractivity contribution in [1.82, 2.24) is 16.2 Å². The molecule has 3 N–H and O–H groups in total. The second-order valence-corrected chi connectivity index (χ2v) is 6.10. The summed E-state index contributed by atoms with van der Waals surface area (Å²) in [6.45, 7) is 2.79. The SMILES string of the molecule is CC(=O)N[C@@H](CC(=O)NNC(=O)[C@@H](C)Oc1ccccc1F)c1ccccc1. The molecule has 148 valence electrons. The summed E-state index contributed by atoms with van der Waals surface area (Å²) in [5.41, 5.74) is 5.27. The van der Waals surface area contributed by atoms with E-state index in [9.17, 15) is 18.8 Å². The number of para-hydroxylation sites is 1. The highest BCUT2D eigenvalue weighted by molar-refractivity contribution is 5.85. The topological polar surface area (TPSA) is 96.5 Å². The van der Waals surface area contributed by atoms with Crippen LogP contribution in [0.2, 0.25) is 0 Å². The fraction of sp³-hybridized carbons (Fsp3) is 0.250. The van der Waals surface area contributed by atoms with Crippen LogP contribution in [0.4, 0.5) is 4.39 Å². The van der Waals surface area contributed by atoms with Crippen LogP contribution in [0.25, 0.3) is 0 Å². The summed E-state index contributed by atoms with van der Waals surface area (Å²) in [6, 6.07) is 14.2. The van der Waals surface area contributed by atoms with Crippen LogP contribution in [0.3, 0.4) is 0 Å². The van der Waals surface area contributed by atoms with E-state index in [2.05, 4.69) is 16.2 Å². The lowest BCUT2D eigenvalue weighted by atomic mass is 10.0. The third-order valence-corrected chi connectivity index (χ3v) is 3.80. The number of hydrogen-bond acceptors (Lipinski definition) is 4. The highest BCUT2D eigenvalue weighted by atomic mass is 19.1. The Balaban J connectivity index is 1.88. The predicted molar refractivity (Wildman–Crippen MR) is 100 cm³/mol. The zero-order chi connectivity index (χ0) is 20.5. The maximum absolute atomic E-state index is 13.6. The molecule has 2 rings (SSSR count). The highest BCUT2D eigenvalue weighted by Crippen LogP contribution is 2.17. The van der Waals surface area contributed by atoms with Crippen LogP contribution in [0, 0.1) is 5.82 Å². The molecule has 7 nitrogen and oxygen atoms in total. The van der Waals surface area contributed by atoms with E-state index in [1.54, 1.807) is 30.3 Å². The Kier molecular flexibility index (Phi) is 7.50. The molecular weight excluding hydrogens is 365 g/mol. The number of carbonyl (C=O) groups excluding carboxylic acids is 3. The monoisotopic (exact) mass is 387 g/mol. The molecule has 0 heterocycles. The third-order valence-electron chi connectivity index (χ3n) is 3.80. The minimum atomic E-state index is -1.03. The van der Waals surface area contributed by atoms with Gasteiger partial charge in [0.15, 0.2) is 17.7 Å². The van der Waals surface area contributed by atoms with Crippen LogP contribution < -0.4 is 20.9 Å². The van der Waals surface area contributed by atoms with E-state index < -0.39 is 29.8 Å². The Hall–Kier alpha value is -3.42. The Morgan fingerprint density at radius 3 is 2.29 bits per heavy atom. The summed E-state index contributed by atoms with van der Waals surface area (Å²) in [4.78, 5) is 35.6. The Labute approximate surface area is 162 Å². The van der Waals surface area contributed by atoms with Crippen molar-refractivity contribution in [2.45, 2.75) is 32.4 Å². The number of rotatable bonds is 7. The van der Waals surface area contributed by atoms with Gasteiger partial charge < -0.3 is 10.1 Å². The smallest absolute Gasteiger partial charge is 0.279 e. The standard InChI is InChI=1S/C20H22FN3O4/c1-13(28-18-11-7-6-10-16(18)21)20(27)24-23-19(26)12-17(22-14(2)25)15-8-4-3-5-9-15/h3-11,13,17H,12H2,1-2H3,(H,22,25)(H,23,26)(H,24,27)/t13-,17+/m1/s1. The molecule has 8 heteroatoms. The van der Waals surface area contributed by atoms with E-state index in [-0.39, 0.29) is 18.1 Å². The molecular formula is C20H22FN3O4. The van der Waals surface area contributed by atoms with E-state index >= 15 is 0 Å². The predicted octanol–water partition coefficient (Wildman–Crippen LogP) is 2.01. The van der Waals surface area contributed by atoms with Crippen molar-refractivity contribution in [3.05, 3.63) is 66.0 Å². The van der Waals surface area contributed by atoms with Crippen molar-refractivity contribution in [3.8, 4) is 5.75 Å². The first-order valence-corrected chi connectivity index (χ1v) is 8.68. The van der Waals surface area contributed by atoms with Crippen molar-refractivity contribution >= 4 is 17.7 Å². The minimum absolute atomic E-state index is 0.0636. The molecule has 2 aromatic carbocycles. The Morgan fingerprint density at radius 1 is 1.00 bits per heavy atom. The molecule has 0 aliphatic rings. The molecule has 0 saturated carbocycles.